The molecule has 4 heterocycles. The monoisotopic (exact) mass is 338 g/mol. The SMILES string of the molecule is CCn1c(Sc2ncnc3c2cnn3C)nnc1-c1cccnc1. The van der Waals surface area contributed by atoms with Gasteiger partial charge < -0.3 is 4.57 Å². The number of hydrogen-bond donors (Lipinski definition) is 0. The Balaban J connectivity index is 1.76. The number of aromatic nitrogens is 8. The molecule has 4 aromatic rings. The Hall–Kier alpha value is -2.81. The minimum Gasteiger partial charge on any atom is -0.302 e. The number of nitrogens with zero attached hydrogens (tertiary/aromatic N) is 8. The normalized spacial score (nSPS) is 11.2. The minimum absolute atomic E-state index is 0.751. The summed E-state index contributed by atoms with van der Waals surface area (Å²) in [6, 6.07) is 3.86. The molecule has 9 heteroatoms. The standard InChI is InChI=1S/C15H14N8S/c1-3-23-12(10-5-4-6-16-7-10)20-21-15(23)24-14-11-8-19-22(2)13(11)17-9-18-14/h4-9H,3H2,1-2H3. The minimum atomic E-state index is 0.751. The molecule has 8 nitrogen and oxygen atoms in total. The quantitative estimate of drug-likeness (QED) is 0.527. The van der Waals surface area contributed by atoms with Crippen LogP contribution in [0.2, 0.25) is 0 Å². The van der Waals surface area contributed by atoms with Crippen LogP contribution in [-0.2, 0) is 13.6 Å². The number of fused-ring (bicyclic) bond motifs is 1. The Labute approximate surface area is 142 Å². The molecule has 120 valence electrons. The molecule has 0 amide bonds. The Morgan fingerprint density at radius 3 is 2.88 bits per heavy atom. The molecule has 24 heavy (non-hydrogen) atoms. The molecule has 4 rings (SSSR count). The summed E-state index contributed by atoms with van der Waals surface area (Å²) in [6.07, 6.45) is 6.84. The van der Waals surface area contributed by atoms with Gasteiger partial charge in [-0.3, -0.25) is 9.67 Å². The molecule has 0 bridgehead atoms. The zero-order chi connectivity index (χ0) is 16.5. The van der Waals surface area contributed by atoms with E-state index in [0.29, 0.717) is 0 Å². The van der Waals surface area contributed by atoms with Gasteiger partial charge in [-0.05, 0) is 30.8 Å². The van der Waals surface area contributed by atoms with Crippen molar-refractivity contribution in [3.8, 4) is 11.4 Å². The van der Waals surface area contributed by atoms with E-state index in [1.54, 1.807) is 29.6 Å². The average molecular weight is 338 g/mol. The summed E-state index contributed by atoms with van der Waals surface area (Å²) < 4.78 is 3.78. The summed E-state index contributed by atoms with van der Waals surface area (Å²) in [6.45, 7) is 2.81. The third-order valence-electron chi connectivity index (χ3n) is 3.63. The Morgan fingerprint density at radius 2 is 2.08 bits per heavy atom. The summed E-state index contributed by atoms with van der Waals surface area (Å²) in [5.74, 6) is 0.796. The molecule has 0 saturated carbocycles. The van der Waals surface area contributed by atoms with Crippen LogP contribution in [0.15, 0.2) is 47.2 Å². The van der Waals surface area contributed by atoms with Gasteiger partial charge in [-0.15, -0.1) is 10.2 Å². The Kier molecular flexibility index (Phi) is 3.69. The molecule has 0 fully saturated rings. The topological polar surface area (TPSA) is 87.2 Å². The maximum atomic E-state index is 4.38. The molecule has 0 aliphatic rings. The van der Waals surface area contributed by atoms with Crippen molar-refractivity contribution in [1.82, 2.24) is 39.5 Å². The van der Waals surface area contributed by atoms with Gasteiger partial charge in [0.05, 0.1) is 11.6 Å². The third-order valence-corrected chi connectivity index (χ3v) is 4.64. The molecule has 0 unspecified atom stereocenters. The van der Waals surface area contributed by atoms with E-state index in [2.05, 4.69) is 37.2 Å². The third kappa shape index (κ3) is 2.42. The smallest absolute Gasteiger partial charge is 0.197 e. The van der Waals surface area contributed by atoms with Crippen LogP contribution in [-0.4, -0.2) is 39.5 Å². The Morgan fingerprint density at radius 1 is 1.17 bits per heavy atom. The van der Waals surface area contributed by atoms with Crippen molar-refractivity contribution in [1.29, 1.82) is 0 Å². The summed E-state index contributed by atoms with van der Waals surface area (Å²) in [7, 11) is 1.86. The van der Waals surface area contributed by atoms with Crippen molar-refractivity contribution < 1.29 is 0 Å². The highest BCUT2D eigenvalue weighted by atomic mass is 32.2. The predicted octanol–water partition coefficient (Wildman–Crippen LogP) is 2.19. The van der Waals surface area contributed by atoms with Crippen LogP contribution in [0.4, 0.5) is 0 Å². The van der Waals surface area contributed by atoms with Crippen LogP contribution in [0.25, 0.3) is 22.4 Å². The molecule has 0 spiro atoms. The largest absolute Gasteiger partial charge is 0.302 e. The fourth-order valence-electron chi connectivity index (χ4n) is 2.47. The highest BCUT2D eigenvalue weighted by molar-refractivity contribution is 7.99. The second-order valence-corrected chi connectivity index (χ2v) is 6.03. The lowest BCUT2D eigenvalue weighted by Gasteiger charge is -2.07. The van der Waals surface area contributed by atoms with Crippen LogP contribution in [0, 0.1) is 0 Å². The molecular weight excluding hydrogens is 324 g/mol. The van der Waals surface area contributed by atoms with Crippen LogP contribution in [0.3, 0.4) is 0 Å². The molecular formula is C15H14N8S. The summed E-state index contributed by atoms with van der Waals surface area (Å²) in [4.78, 5) is 12.8. The first-order valence-corrected chi connectivity index (χ1v) is 8.23. The van der Waals surface area contributed by atoms with E-state index in [1.165, 1.54) is 11.8 Å². The molecule has 0 saturated heterocycles. The molecule has 0 aromatic carbocycles. The molecule has 4 aromatic heterocycles. The number of rotatable bonds is 4. The van der Waals surface area contributed by atoms with E-state index in [-0.39, 0.29) is 0 Å². The highest BCUT2D eigenvalue weighted by Crippen LogP contribution is 2.31. The van der Waals surface area contributed by atoms with Gasteiger partial charge in [0.1, 0.15) is 11.4 Å². The van der Waals surface area contributed by atoms with Gasteiger partial charge in [-0.2, -0.15) is 5.10 Å². The number of aryl methyl sites for hydroxylation is 1. The lowest BCUT2D eigenvalue weighted by Crippen LogP contribution is -2.00. The van der Waals surface area contributed by atoms with Gasteiger partial charge in [0.15, 0.2) is 16.6 Å². The van der Waals surface area contributed by atoms with Gasteiger partial charge in [0.25, 0.3) is 0 Å². The Bertz CT molecular complexity index is 991. The van der Waals surface area contributed by atoms with Crippen molar-refractivity contribution in [3.63, 3.8) is 0 Å². The van der Waals surface area contributed by atoms with E-state index in [1.807, 2.05) is 23.7 Å². The van der Waals surface area contributed by atoms with Crippen molar-refractivity contribution in [2.24, 2.45) is 7.05 Å². The zero-order valence-corrected chi connectivity index (χ0v) is 14.0. The van der Waals surface area contributed by atoms with Crippen LogP contribution < -0.4 is 0 Å². The fourth-order valence-corrected chi connectivity index (χ4v) is 3.40. The fraction of sp³-hybridized carbons (Fsp3) is 0.200. The molecule has 0 atom stereocenters. The van der Waals surface area contributed by atoms with Gasteiger partial charge in [0.2, 0.25) is 0 Å². The lowest BCUT2D eigenvalue weighted by atomic mass is 10.3. The maximum Gasteiger partial charge on any atom is 0.197 e. The van der Waals surface area contributed by atoms with E-state index in [4.69, 9.17) is 0 Å². The first kappa shape index (κ1) is 14.8. The molecule has 0 N–H and O–H groups in total. The number of hydrogen-bond acceptors (Lipinski definition) is 7. The van der Waals surface area contributed by atoms with Gasteiger partial charge in [0, 0.05) is 31.5 Å². The molecule has 0 aliphatic carbocycles. The van der Waals surface area contributed by atoms with Crippen LogP contribution >= 0.6 is 11.8 Å². The lowest BCUT2D eigenvalue weighted by molar-refractivity contribution is 0.686. The zero-order valence-electron chi connectivity index (χ0n) is 13.2. The van der Waals surface area contributed by atoms with Crippen molar-refractivity contribution in [3.05, 3.63) is 37.1 Å². The average Bonchev–Trinajstić information content (AvgIpc) is 3.20. The second-order valence-electron chi connectivity index (χ2n) is 5.08. The van der Waals surface area contributed by atoms with Gasteiger partial charge in [-0.25, -0.2) is 9.97 Å². The highest BCUT2D eigenvalue weighted by Gasteiger charge is 2.17. The predicted molar refractivity (Wildman–Crippen MR) is 89.4 cm³/mol. The summed E-state index contributed by atoms with van der Waals surface area (Å²) in [5, 5.41) is 15.4. The van der Waals surface area contributed by atoms with Crippen molar-refractivity contribution in [2.45, 2.75) is 23.7 Å². The van der Waals surface area contributed by atoms with Gasteiger partial charge >= 0.3 is 0 Å². The van der Waals surface area contributed by atoms with E-state index < -0.39 is 0 Å². The maximum absolute atomic E-state index is 4.38. The van der Waals surface area contributed by atoms with Crippen molar-refractivity contribution in [2.75, 3.05) is 0 Å². The van der Waals surface area contributed by atoms with Gasteiger partial charge in [-0.1, -0.05) is 0 Å². The van der Waals surface area contributed by atoms with Crippen molar-refractivity contribution >= 4 is 22.8 Å². The van der Waals surface area contributed by atoms with Crippen LogP contribution in [0.1, 0.15) is 6.92 Å². The summed E-state index contributed by atoms with van der Waals surface area (Å²) >= 11 is 1.46. The number of pyridine rings is 1. The first-order valence-electron chi connectivity index (χ1n) is 7.42. The van der Waals surface area contributed by atoms with E-state index in [9.17, 15) is 0 Å². The summed E-state index contributed by atoms with van der Waals surface area (Å²) in [5.41, 5.74) is 1.73. The second kappa shape index (κ2) is 6.00. The van der Waals surface area contributed by atoms with E-state index >= 15 is 0 Å². The molecule has 0 radical (unpaired) electrons. The van der Waals surface area contributed by atoms with E-state index in [0.717, 1.165) is 39.1 Å². The van der Waals surface area contributed by atoms with Crippen LogP contribution in [0.5, 0.6) is 0 Å². The first-order chi connectivity index (χ1) is 11.8. The molecule has 0 aliphatic heterocycles.